The molecule has 1 amide bonds. The van der Waals surface area contributed by atoms with E-state index in [1.54, 1.807) is 0 Å². The lowest BCUT2D eigenvalue weighted by atomic mass is 10.4. The molecule has 0 atom stereocenters. The standard InChI is InChI=1S/C7H13NO4/c1-2-3-4-12-6(9)5-8-7(10)11/h8H,2-5H2,1H3,(H,10,11). The van der Waals surface area contributed by atoms with E-state index in [9.17, 15) is 9.59 Å². The molecule has 12 heavy (non-hydrogen) atoms. The molecule has 0 unspecified atom stereocenters. The molecule has 5 nitrogen and oxygen atoms in total. The summed E-state index contributed by atoms with van der Waals surface area (Å²) in [6.07, 6.45) is 0.529. The van der Waals surface area contributed by atoms with E-state index in [-0.39, 0.29) is 6.54 Å². The molecular weight excluding hydrogens is 162 g/mol. The van der Waals surface area contributed by atoms with Crippen LogP contribution in [0.25, 0.3) is 0 Å². The van der Waals surface area contributed by atoms with Gasteiger partial charge in [0.05, 0.1) is 6.61 Å². The number of nitrogens with one attached hydrogen (secondary N) is 1. The van der Waals surface area contributed by atoms with Crippen molar-refractivity contribution < 1.29 is 19.4 Å². The van der Waals surface area contributed by atoms with E-state index in [1.165, 1.54) is 0 Å². The normalized spacial score (nSPS) is 9.08. The fraction of sp³-hybridized carbons (Fsp3) is 0.714. The van der Waals surface area contributed by atoms with E-state index in [0.717, 1.165) is 12.8 Å². The first kappa shape index (κ1) is 10.7. The number of ether oxygens (including phenoxy) is 1. The second-order valence-corrected chi connectivity index (χ2v) is 2.23. The maximum Gasteiger partial charge on any atom is 0.405 e. The molecule has 0 aliphatic heterocycles. The maximum absolute atomic E-state index is 10.7. The van der Waals surface area contributed by atoms with Gasteiger partial charge in [-0.1, -0.05) is 13.3 Å². The summed E-state index contributed by atoms with van der Waals surface area (Å²) in [4.78, 5) is 20.6. The number of hydrogen-bond acceptors (Lipinski definition) is 3. The van der Waals surface area contributed by atoms with Gasteiger partial charge < -0.3 is 15.2 Å². The Morgan fingerprint density at radius 2 is 2.17 bits per heavy atom. The summed E-state index contributed by atoms with van der Waals surface area (Å²) in [7, 11) is 0. The lowest BCUT2D eigenvalue weighted by molar-refractivity contribution is -0.142. The molecule has 0 spiro atoms. The summed E-state index contributed by atoms with van der Waals surface area (Å²) in [5.74, 6) is -0.536. The van der Waals surface area contributed by atoms with Gasteiger partial charge in [-0.3, -0.25) is 4.79 Å². The van der Waals surface area contributed by atoms with Gasteiger partial charge in [-0.05, 0) is 6.42 Å². The van der Waals surface area contributed by atoms with Crippen LogP contribution in [0, 0.1) is 0 Å². The van der Waals surface area contributed by atoms with E-state index >= 15 is 0 Å². The predicted molar refractivity (Wildman–Crippen MR) is 41.9 cm³/mol. The molecule has 70 valence electrons. The van der Waals surface area contributed by atoms with Gasteiger partial charge in [-0.15, -0.1) is 0 Å². The number of carbonyl (C=O) groups excluding carboxylic acids is 1. The fourth-order valence-electron chi connectivity index (χ4n) is 0.529. The van der Waals surface area contributed by atoms with Gasteiger partial charge in [0.25, 0.3) is 0 Å². The van der Waals surface area contributed by atoms with Crippen LogP contribution in [0.15, 0.2) is 0 Å². The summed E-state index contributed by atoms with van der Waals surface area (Å²) in [6.45, 7) is 2.05. The second-order valence-electron chi connectivity index (χ2n) is 2.23. The van der Waals surface area contributed by atoms with Crippen LogP contribution in [0.3, 0.4) is 0 Å². The molecule has 0 bridgehead atoms. The highest BCUT2D eigenvalue weighted by atomic mass is 16.5. The summed E-state index contributed by atoms with van der Waals surface area (Å²) in [5.41, 5.74) is 0. The molecule has 0 aliphatic carbocycles. The molecule has 0 aliphatic rings. The highest BCUT2D eigenvalue weighted by molar-refractivity contribution is 5.76. The Morgan fingerprint density at radius 3 is 2.67 bits per heavy atom. The Kier molecular flexibility index (Phi) is 5.77. The molecule has 0 aromatic rings. The molecular formula is C7H13NO4. The van der Waals surface area contributed by atoms with Gasteiger partial charge in [-0.2, -0.15) is 0 Å². The van der Waals surface area contributed by atoms with Crippen LogP contribution >= 0.6 is 0 Å². The van der Waals surface area contributed by atoms with Gasteiger partial charge in [-0.25, -0.2) is 4.79 Å². The molecule has 0 radical (unpaired) electrons. The summed E-state index contributed by atoms with van der Waals surface area (Å²) in [5, 5.41) is 10.0. The van der Waals surface area contributed by atoms with Crippen molar-refractivity contribution in [1.82, 2.24) is 5.32 Å². The smallest absolute Gasteiger partial charge is 0.405 e. The molecule has 0 saturated heterocycles. The van der Waals surface area contributed by atoms with Crippen molar-refractivity contribution in [2.45, 2.75) is 19.8 Å². The van der Waals surface area contributed by atoms with Crippen molar-refractivity contribution in [1.29, 1.82) is 0 Å². The minimum absolute atomic E-state index is 0.279. The minimum Gasteiger partial charge on any atom is -0.465 e. The quantitative estimate of drug-likeness (QED) is 0.474. The number of amides is 1. The summed E-state index contributed by atoms with van der Waals surface area (Å²) < 4.78 is 4.67. The van der Waals surface area contributed by atoms with Crippen molar-refractivity contribution in [3.05, 3.63) is 0 Å². The third-order valence-electron chi connectivity index (χ3n) is 1.14. The van der Waals surface area contributed by atoms with Crippen molar-refractivity contribution >= 4 is 12.1 Å². The molecule has 0 saturated carbocycles. The zero-order valence-electron chi connectivity index (χ0n) is 7.00. The highest BCUT2D eigenvalue weighted by Crippen LogP contribution is 1.87. The Bertz CT molecular complexity index is 157. The van der Waals surface area contributed by atoms with Crippen LogP contribution in [0.5, 0.6) is 0 Å². The van der Waals surface area contributed by atoms with Crippen LogP contribution in [0.2, 0.25) is 0 Å². The van der Waals surface area contributed by atoms with Crippen LogP contribution < -0.4 is 5.32 Å². The molecule has 0 fully saturated rings. The molecule has 0 aromatic heterocycles. The Labute approximate surface area is 70.7 Å². The second kappa shape index (κ2) is 6.45. The van der Waals surface area contributed by atoms with Gasteiger partial charge >= 0.3 is 12.1 Å². The SMILES string of the molecule is CCCCOC(=O)CNC(=O)O. The van der Waals surface area contributed by atoms with E-state index in [2.05, 4.69) is 4.74 Å². The van der Waals surface area contributed by atoms with Gasteiger partial charge in [0.2, 0.25) is 0 Å². The number of hydrogen-bond donors (Lipinski definition) is 2. The lowest BCUT2D eigenvalue weighted by Gasteiger charge is -2.02. The Hall–Kier alpha value is -1.26. The number of esters is 1. The van der Waals surface area contributed by atoms with E-state index in [0.29, 0.717) is 6.61 Å². The van der Waals surface area contributed by atoms with Crippen LogP contribution in [-0.2, 0) is 9.53 Å². The first-order valence-corrected chi connectivity index (χ1v) is 3.79. The van der Waals surface area contributed by atoms with Gasteiger partial charge in [0, 0.05) is 0 Å². The monoisotopic (exact) mass is 175 g/mol. The lowest BCUT2D eigenvalue weighted by Crippen LogP contribution is -2.29. The predicted octanol–water partition coefficient (Wildman–Crippen LogP) is 0.597. The van der Waals surface area contributed by atoms with E-state index in [4.69, 9.17) is 5.11 Å². The molecule has 2 N–H and O–H groups in total. The first-order valence-electron chi connectivity index (χ1n) is 3.79. The molecule has 0 heterocycles. The van der Waals surface area contributed by atoms with E-state index in [1.807, 2.05) is 12.2 Å². The number of unbranched alkanes of at least 4 members (excludes halogenated alkanes) is 1. The van der Waals surface area contributed by atoms with Crippen molar-refractivity contribution in [2.24, 2.45) is 0 Å². The van der Waals surface area contributed by atoms with Crippen LogP contribution in [0.4, 0.5) is 4.79 Å². The third-order valence-corrected chi connectivity index (χ3v) is 1.14. The largest absolute Gasteiger partial charge is 0.465 e. The molecule has 5 heteroatoms. The summed E-state index contributed by atoms with van der Waals surface area (Å²) in [6, 6.07) is 0. The van der Waals surface area contributed by atoms with Crippen molar-refractivity contribution in [2.75, 3.05) is 13.2 Å². The van der Waals surface area contributed by atoms with E-state index < -0.39 is 12.1 Å². The van der Waals surface area contributed by atoms with Crippen molar-refractivity contribution in [3.63, 3.8) is 0 Å². The Balaban J connectivity index is 3.28. The highest BCUT2D eigenvalue weighted by Gasteiger charge is 2.03. The minimum atomic E-state index is -1.22. The van der Waals surface area contributed by atoms with Gasteiger partial charge in [0.1, 0.15) is 6.54 Å². The molecule has 0 rings (SSSR count). The van der Waals surface area contributed by atoms with Crippen molar-refractivity contribution in [3.8, 4) is 0 Å². The zero-order chi connectivity index (χ0) is 9.40. The topological polar surface area (TPSA) is 75.6 Å². The fourth-order valence-corrected chi connectivity index (χ4v) is 0.529. The number of carboxylic acid groups (broad SMARTS) is 1. The number of rotatable bonds is 5. The van der Waals surface area contributed by atoms with Crippen LogP contribution in [-0.4, -0.2) is 30.3 Å². The molecule has 0 aromatic carbocycles. The first-order chi connectivity index (χ1) is 5.66. The average molecular weight is 175 g/mol. The Morgan fingerprint density at radius 1 is 1.50 bits per heavy atom. The van der Waals surface area contributed by atoms with Crippen LogP contribution in [0.1, 0.15) is 19.8 Å². The average Bonchev–Trinajstić information content (AvgIpc) is 2.01. The zero-order valence-corrected chi connectivity index (χ0v) is 7.00. The van der Waals surface area contributed by atoms with Gasteiger partial charge in [0.15, 0.2) is 0 Å². The number of carbonyl (C=O) groups is 2. The maximum atomic E-state index is 10.7. The third kappa shape index (κ3) is 6.85. The summed E-state index contributed by atoms with van der Waals surface area (Å²) >= 11 is 0.